The van der Waals surface area contributed by atoms with Crippen molar-refractivity contribution in [2.24, 2.45) is 10.4 Å². The summed E-state index contributed by atoms with van der Waals surface area (Å²) in [7, 11) is 0. The van der Waals surface area contributed by atoms with Crippen molar-refractivity contribution >= 4 is 35.2 Å². The highest BCUT2D eigenvalue weighted by Gasteiger charge is 2.46. The minimum atomic E-state index is -0.407. The van der Waals surface area contributed by atoms with E-state index in [-0.39, 0.29) is 5.02 Å². The van der Waals surface area contributed by atoms with Gasteiger partial charge in [0, 0.05) is 0 Å². The van der Waals surface area contributed by atoms with Crippen LogP contribution in [0.2, 0.25) is 5.02 Å². The van der Waals surface area contributed by atoms with Crippen molar-refractivity contribution in [3.63, 3.8) is 0 Å². The maximum Gasteiger partial charge on any atom is 0.206 e. The Balaban J connectivity index is 1.83. The monoisotopic (exact) mass is 285 g/mol. The van der Waals surface area contributed by atoms with Crippen LogP contribution in [-0.4, -0.2) is 12.0 Å². The highest BCUT2D eigenvalue weighted by atomic mass is 35.5. The molecule has 1 heterocycles. The van der Waals surface area contributed by atoms with Crippen molar-refractivity contribution in [3.8, 4) is 0 Å². The lowest BCUT2D eigenvalue weighted by Gasteiger charge is -2.21. The molecule has 0 aromatic heterocycles. The van der Waals surface area contributed by atoms with Crippen molar-refractivity contribution in [3.05, 3.63) is 23.0 Å². The molecule has 2 aliphatic rings. The number of hydrogen-bond acceptors (Lipinski definition) is 2. The fourth-order valence-electron chi connectivity index (χ4n) is 1.84. The highest BCUT2D eigenvalue weighted by Crippen LogP contribution is 2.47. The first-order valence-corrected chi connectivity index (χ1v) is 6.92. The number of fused-ring (bicyclic) bond motifs is 1. The molecule has 0 amide bonds. The molecule has 18 heavy (non-hydrogen) atoms. The lowest BCUT2D eigenvalue weighted by molar-refractivity contribution is 0.618. The largest absolute Gasteiger partial charge is 0.325 e. The molecule has 6 heteroatoms. The standard InChI is InChI=1S/C12H13ClFN3S/c1-12(2)5-10(12)16-11-15-8-3-6(13)7(14)4-9(8)18-17-11/h3-4,10H,5H2,1-2H3,(H2,15,16,17). The Labute approximate surface area is 114 Å². The van der Waals surface area contributed by atoms with Gasteiger partial charge in [-0.05, 0) is 35.9 Å². The van der Waals surface area contributed by atoms with Gasteiger partial charge in [-0.25, -0.2) is 9.38 Å². The molecule has 3 nitrogen and oxygen atoms in total. The molecule has 0 saturated heterocycles. The molecule has 1 atom stereocenters. The summed E-state index contributed by atoms with van der Waals surface area (Å²) in [4.78, 5) is 5.37. The lowest BCUT2D eigenvalue weighted by atomic mass is 10.2. The number of rotatable bonds is 1. The number of benzene rings is 1. The third kappa shape index (κ3) is 2.17. The molecule has 1 aromatic rings. The van der Waals surface area contributed by atoms with E-state index in [9.17, 15) is 4.39 Å². The topological polar surface area (TPSA) is 36.4 Å². The number of nitrogens with one attached hydrogen (secondary N) is 2. The summed E-state index contributed by atoms with van der Waals surface area (Å²) < 4.78 is 16.4. The maximum absolute atomic E-state index is 13.3. The number of anilines is 1. The third-order valence-corrected chi connectivity index (χ3v) is 4.42. The van der Waals surface area contributed by atoms with E-state index < -0.39 is 5.82 Å². The summed E-state index contributed by atoms with van der Waals surface area (Å²) in [6, 6.07) is 3.36. The predicted molar refractivity (Wildman–Crippen MR) is 73.6 cm³/mol. The van der Waals surface area contributed by atoms with Gasteiger partial charge in [0.15, 0.2) is 0 Å². The Morgan fingerprint density at radius 2 is 2.22 bits per heavy atom. The minimum absolute atomic E-state index is 0.120. The second-order valence-corrected chi connectivity index (χ2v) is 6.53. The van der Waals surface area contributed by atoms with Crippen LogP contribution in [0.3, 0.4) is 0 Å². The first-order valence-electron chi connectivity index (χ1n) is 5.72. The summed E-state index contributed by atoms with van der Waals surface area (Å²) >= 11 is 7.12. The van der Waals surface area contributed by atoms with E-state index in [4.69, 9.17) is 11.6 Å². The minimum Gasteiger partial charge on any atom is -0.325 e. The normalized spacial score (nSPS) is 26.2. The average molecular weight is 286 g/mol. The van der Waals surface area contributed by atoms with Gasteiger partial charge in [0.2, 0.25) is 5.96 Å². The van der Waals surface area contributed by atoms with Crippen LogP contribution in [0.4, 0.5) is 10.1 Å². The van der Waals surface area contributed by atoms with Crippen LogP contribution in [0.5, 0.6) is 0 Å². The number of aliphatic imine (C=N–C) groups is 1. The van der Waals surface area contributed by atoms with E-state index in [0.29, 0.717) is 17.4 Å². The zero-order chi connectivity index (χ0) is 12.9. The Kier molecular flexibility index (Phi) is 2.71. The SMILES string of the molecule is CC1(C)CC1N=C1NSc2cc(F)c(Cl)cc2N1. The van der Waals surface area contributed by atoms with Crippen molar-refractivity contribution < 1.29 is 4.39 Å². The summed E-state index contributed by atoms with van der Waals surface area (Å²) in [6.07, 6.45) is 1.10. The van der Waals surface area contributed by atoms with Gasteiger partial charge in [0.1, 0.15) is 5.82 Å². The van der Waals surface area contributed by atoms with Crippen LogP contribution in [-0.2, 0) is 0 Å². The van der Waals surface area contributed by atoms with Crippen LogP contribution < -0.4 is 10.0 Å². The number of nitrogens with zero attached hydrogens (tertiary/aromatic N) is 1. The number of hydrogen-bond donors (Lipinski definition) is 2. The zero-order valence-corrected chi connectivity index (χ0v) is 11.6. The van der Waals surface area contributed by atoms with Gasteiger partial charge in [0.05, 0.1) is 21.6 Å². The molecule has 96 valence electrons. The highest BCUT2D eigenvalue weighted by molar-refractivity contribution is 7.98. The molecule has 3 rings (SSSR count). The van der Waals surface area contributed by atoms with Crippen LogP contribution >= 0.6 is 23.5 Å². The van der Waals surface area contributed by atoms with E-state index in [1.54, 1.807) is 6.07 Å². The molecule has 2 N–H and O–H groups in total. The number of guanidine groups is 1. The van der Waals surface area contributed by atoms with Crippen molar-refractivity contribution in [2.45, 2.75) is 31.2 Å². The molecule has 0 radical (unpaired) electrons. The van der Waals surface area contributed by atoms with Gasteiger partial charge in [0.25, 0.3) is 0 Å². The van der Waals surface area contributed by atoms with Gasteiger partial charge in [-0.1, -0.05) is 25.4 Å². The van der Waals surface area contributed by atoms with E-state index in [1.807, 2.05) is 0 Å². The molecule has 1 unspecified atom stereocenters. The van der Waals surface area contributed by atoms with E-state index in [2.05, 4.69) is 28.9 Å². The Morgan fingerprint density at radius 1 is 1.50 bits per heavy atom. The van der Waals surface area contributed by atoms with E-state index in [1.165, 1.54) is 18.0 Å². The van der Waals surface area contributed by atoms with Gasteiger partial charge < -0.3 is 5.32 Å². The molecule has 0 spiro atoms. The van der Waals surface area contributed by atoms with Crippen LogP contribution in [0.1, 0.15) is 20.3 Å². The summed E-state index contributed by atoms with van der Waals surface area (Å²) in [5.74, 6) is 0.306. The second kappa shape index (κ2) is 4.03. The smallest absolute Gasteiger partial charge is 0.206 e. The summed E-state index contributed by atoms with van der Waals surface area (Å²) in [5.41, 5.74) is 1.09. The average Bonchev–Trinajstić information content (AvgIpc) is 2.88. The first-order chi connectivity index (χ1) is 8.45. The quantitative estimate of drug-likeness (QED) is 0.773. The fourth-order valence-corrected chi connectivity index (χ4v) is 2.70. The summed E-state index contributed by atoms with van der Waals surface area (Å²) in [6.45, 7) is 4.38. The predicted octanol–water partition coefficient (Wildman–Crippen LogP) is 3.66. The van der Waals surface area contributed by atoms with E-state index in [0.717, 1.165) is 17.0 Å². The van der Waals surface area contributed by atoms with E-state index >= 15 is 0 Å². The molecule has 0 bridgehead atoms. The fraction of sp³-hybridized carbons (Fsp3) is 0.417. The lowest BCUT2D eigenvalue weighted by Crippen LogP contribution is -2.30. The van der Waals surface area contributed by atoms with Gasteiger partial charge in [-0.15, -0.1) is 0 Å². The Hall–Kier alpha value is -0.940. The van der Waals surface area contributed by atoms with Gasteiger partial charge in [-0.3, -0.25) is 4.72 Å². The molecule has 1 aliphatic carbocycles. The third-order valence-electron chi connectivity index (χ3n) is 3.28. The zero-order valence-electron chi connectivity index (χ0n) is 10.1. The first kappa shape index (κ1) is 12.1. The van der Waals surface area contributed by atoms with Crippen LogP contribution in [0.25, 0.3) is 0 Å². The Bertz CT molecular complexity index is 544. The number of halogens is 2. The van der Waals surface area contributed by atoms with Gasteiger partial charge >= 0.3 is 0 Å². The molecule has 1 aliphatic heterocycles. The van der Waals surface area contributed by atoms with Gasteiger partial charge in [-0.2, -0.15) is 0 Å². The van der Waals surface area contributed by atoms with Crippen molar-refractivity contribution in [2.75, 3.05) is 5.32 Å². The molecule has 1 aromatic carbocycles. The molecular weight excluding hydrogens is 273 g/mol. The molecular formula is C12H13ClFN3S. The van der Waals surface area contributed by atoms with Crippen LogP contribution in [0.15, 0.2) is 22.0 Å². The van der Waals surface area contributed by atoms with Crippen molar-refractivity contribution in [1.82, 2.24) is 4.72 Å². The molecule has 1 fully saturated rings. The maximum atomic E-state index is 13.3. The second-order valence-electron chi connectivity index (χ2n) is 5.28. The summed E-state index contributed by atoms with van der Waals surface area (Å²) in [5, 5.41) is 3.26. The molecule has 1 saturated carbocycles. The van der Waals surface area contributed by atoms with Crippen LogP contribution in [0, 0.1) is 11.2 Å². The Morgan fingerprint density at radius 3 is 2.89 bits per heavy atom. The van der Waals surface area contributed by atoms with Crippen molar-refractivity contribution in [1.29, 1.82) is 0 Å².